The van der Waals surface area contributed by atoms with Crippen molar-refractivity contribution >= 4 is 65.2 Å². The zero-order valence-electron chi connectivity index (χ0n) is 43.4. The molecular formula is C50H77N17O10. The second kappa shape index (κ2) is 31.1. The van der Waals surface area contributed by atoms with E-state index in [9.17, 15) is 48.6 Å². The SMILES string of the molecule is CC(O)C(NC(=O)C1CCCN1C(=O)C1CCCN1C(=O)C(N)CCCN=C(N)N)C(=O)NC(CCCN=C(N)N)C(=O)NC(Cc1ccccc1)C(=O)NC(CCCN=C(N)N)C(=O)NC(Cc1ccccc1)C(=O)O. The van der Waals surface area contributed by atoms with Gasteiger partial charge in [-0.25, -0.2) is 4.79 Å². The lowest BCUT2D eigenvalue weighted by atomic mass is 10.0. The fourth-order valence-electron chi connectivity index (χ4n) is 9.02. The molecule has 7 amide bonds. The maximum absolute atomic E-state index is 14.5. The number of nitrogens with zero attached hydrogens (tertiary/aromatic N) is 5. The van der Waals surface area contributed by atoms with E-state index in [1.54, 1.807) is 60.7 Å². The Morgan fingerprint density at radius 1 is 0.571 bits per heavy atom. The Labute approximate surface area is 447 Å². The highest BCUT2D eigenvalue weighted by Gasteiger charge is 2.44. The largest absolute Gasteiger partial charge is 0.480 e. The van der Waals surface area contributed by atoms with E-state index >= 15 is 0 Å². The van der Waals surface area contributed by atoms with Crippen LogP contribution in [0.1, 0.15) is 82.3 Å². The third-order valence-electron chi connectivity index (χ3n) is 13.0. The normalized spacial score (nSPS) is 17.6. The summed E-state index contributed by atoms with van der Waals surface area (Å²) >= 11 is 0. The highest BCUT2D eigenvalue weighted by Crippen LogP contribution is 2.26. The van der Waals surface area contributed by atoms with Crippen molar-refractivity contribution < 1.29 is 48.6 Å². The fraction of sp³-hybridized carbons (Fsp3) is 0.540. The number of hydrogen-bond donors (Lipinski definition) is 14. The summed E-state index contributed by atoms with van der Waals surface area (Å²) in [6, 6.07) is 7.08. The number of carboxylic acids is 1. The highest BCUT2D eigenvalue weighted by atomic mass is 16.4. The average molecular weight is 1080 g/mol. The molecule has 0 radical (unpaired) electrons. The van der Waals surface area contributed by atoms with Crippen molar-refractivity contribution in [2.24, 2.45) is 55.1 Å². The van der Waals surface area contributed by atoms with Gasteiger partial charge in [0.05, 0.1) is 12.1 Å². The van der Waals surface area contributed by atoms with Crippen LogP contribution in [0.5, 0.6) is 0 Å². The third-order valence-corrected chi connectivity index (χ3v) is 13.0. The molecule has 0 aromatic heterocycles. The third kappa shape index (κ3) is 20.2. The van der Waals surface area contributed by atoms with Gasteiger partial charge in [-0.05, 0) is 82.3 Å². The molecule has 2 aliphatic rings. The van der Waals surface area contributed by atoms with Gasteiger partial charge >= 0.3 is 5.97 Å². The minimum atomic E-state index is -1.66. The number of carbonyl (C=O) groups excluding carboxylic acids is 7. The molecule has 2 fully saturated rings. The van der Waals surface area contributed by atoms with Gasteiger partial charge in [0.15, 0.2) is 17.9 Å². The first-order valence-corrected chi connectivity index (χ1v) is 25.7. The molecule has 2 heterocycles. The summed E-state index contributed by atoms with van der Waals surface area (Å²) in [7, 11) is 0. The molecule has 2 saturated heterocycles. The van der Waals surface area contributed by atoms with Gasteiger partial charge in [0.2, 0.25) is 41.4 Å². The first-order valence-electron chi connectivity index (χ1n) is 25.7. The number of aliphatic imine (C=N–C) groups is 3. The van der Waals surface area contributed by atoms with Crippen LogP contribution in [-0.4, -0.2) is 172 Å². The van der Waals surface area contributed by atoms with Crippen molar-refractivity contribution in [3.8, 4) is 0 Å². The molecule has 0 aliphatic carbocycles. The van der Waals surface area contributed by atoms with E-state index in [1.165, 1.54) is 16.7 Å². The first kappa shape index (κ1) is 61.5. The van der Waals surface area contributed by atoms with Crippen LogP contribution in [0.25, 0.3) is 0 Å². The Morgan fingerprint density at radius 2 is 0.987 bits per heavy atom. The zero-order chi connectivity index (χ0) is 56.6. The summed E-state index contributed by atoms with van der Waals surface area (Å²) in [5.41, 5.74) is 40.3. The Morgan fingerprint density at radius 3 is 1.47 bits per heavy atom. The molecular weight excluding hydrogens is 999 g/mol. The van der Waals surface area contributed by atoms with Crippen molar-refractivity contribution in [1.82, 2.24) is 36.4 Å². The molecule has 2 aromatic carbocycles. The highest BCUT2D eigenvalue weighted by molar-refractivity contribution is 5.98. The van der Waals surface area contributed by atoms with Crippen LogP contribution in [0.15, 0.2) is 75.6 Å². The molecule has 27 nitrogen and oxygen atoms in total. The van der Waals surface area contributed by atoms with Crippen LogP contribution in [0.3, 0.4) is 0 Å². The lowest BCUT2D eigenvalue weighted by Crippen LogP contribution is -2.61. The fourth-order valence-corrected chi connectivity index (χ4v) is 9.02. The van der Waals surface area contributed by atoms with Gasteiger partial charge in [0, 0.05) is 45.6 Å². The van der Waals surface area contributed by atoms with Crippen LogP contribution < -0.4 is 66.7 Å². The Kier molecular flexibility index (Phi) is 24.8. The number of likely N-dealkylation sites (tertiary alicyclic amines) is 2. The van der Waals surface area contributed by atoms with Crippen LogP contribution in [-0.2, 0) is 51.2 Å². The number of benzene rings is 2. The summed E-state index contributed by atoms with van der Waals surface area (Å²) in [6.07, 6.45) is 0.592. The van der Waals surface area contributed by atoms with E-state index in [0.717, 1.165) is 0 Å². The summed E-state index contributed by atoms with van der Waals surface area (Å²) in [5.74, 6) is -7.04. The zero-order valence-corrected chi connectivity index (χ0v) is 43.4. The Hall–Kier alpha value is -8.07. The Balaban J connectivity index is 1.55. The van der Waals surface area contributed by atoms with E-state index < -0.39 is 102 Å². The number of rotatable bonds is 30. The van der Waals surface area contributed by atoms with Crippen LogP contribution in [0, 0.1) is 0 Å². The minimum absolute atomic E-state index is 0.0195. The molecule has 9 atom stereocenters. The van der Waals surface area contributed by atoms with Gasteiger partial charge in [-0.1, -0.05) is 60.7 Å². The molecule has 21 N–H and O–H groups in total. The number of carboxylic acid groups (broad SMARTS) is 1. The molecule has 0 spiro atoms. The summed E-state index contributed by atoms with van der Waals surface area (Å²) < 4.78 is 0. The Bertz CT molecular complexity index is 2400. The van der Waals surface area contributed by atoms with Gasteiger partial charge in [0.1, 0.15) is 42.3 Å². The van der Waals surface area contributed by atoms with E-state index in [2.05, 4.69) is 41.6 Å². The average Bonchev–Trinajstić information content (AvgIpc) is 4.10. The van der Waals surface area contributed by atoms with Gasteiger partial charge < -0.3 is 86.7 Å². The number of guanidine groups is 3. The van der Waals surface area contributed by atoms with Crippen molar-refractivity contribution in [1.29, 1.82) is 0 Å². The number of nitrogens with one attached hydrogen (secondary N) is 5. The maximum atomic E-state index is 14.5. The number of carbonyl (C=O) groups is 8. The summed E-state index contributed by atoms with van der Waals surface area (Å²) in [6.45, 7) is 2.07. The molecule has 2 aliphatic heterocycles. The van der Waals surface area contributed by atoms with Crippen molar-refractivity contribution in [3.05, 3.63) is 71.8 Å². The number of amides is 7. The molecule has 4 rings (SSSR count). The molecule has 422 valence electrons. The van der Waals surface area contributed by atoms with E-state index in [0.29, 0.717) is 36.8 Å². The molecule has 27 heteroatoms. The molecule has 9 unspecified atom stereocenters. The molecule has 0 bridgehead atoms. The second-order valence-electron chi connectivity index (χ2n) is 19.0. The summed E-state index contributed by atoms with van der Waals surface area (Å²) in [4.78, 5) is 126. The first-order chi connectivity index (χ1) is 36.7. The maximum Gasteiger partial charge on any atom is 0.326 e. The lowest BCUT2D eigenvalue weighted by molar-refractivity contribution is -0.147. The van der Waals surface area contributed by atoms with Crippen molar-refractivity contribution in [3.63, 3.8) is 0 Å². The second-order valence-corrected chi connectivity index (χ2v) is 19.0. The molecule has 2 aromatic rings. The smallest absolute Gasteiger partial charge is 0.326 e. The minimum Gasteiger partial charge on any atom is -0.480 e. The van der Waals surface area contributed by atoms with Gasteiger partial charge in [-0.2, -0.15) is 0 Å². The predicted octanol–water partition coefficient (Wildman–Crippen LogP) is -4.17. The molecule has 0 saturated carbocycles. The number of aliphatic hydroxyl groups is 1. The lowest BCUT2D eigenvalue weighted by Gasteiger charge is -2.33. The van der Waals surface area contributed by atoms with Gasteiger partial charge in [-0.3, -0.25) is 48.5 Å². The van der Waals surface area contributed by atoms with E-state index in [-0.39, 0.29) is 102 Å². The number of nitrogens with two attached hydrogens (primary N) is 7. The van der Waals surface area contributed by atoms with E-state index in [4.69, 9.17) is 40.1 Å². The van der Waals surface area contributed by atoms with Crippen LogP contribution in [0.4, 0.5) is 0 Å². The van der Waals surface area contributed by atoms with Crippen molar-refractivity contribution in [2.45, 2.75) is 138 Å². The monoisotopic (exact) mass is 1080 g/mol. The van der Waals surface area contributed by atoms with Crippen LogP contribution in [0.2, 0.25) is 0 Å². The standard InChI is InChI=1S/C50H77N17O10/c1-29(68)39(65-43(72)37-20-11-25-66(37)46(75)38-21-12-26-67(38)45(74)32(51)17-8-22-58-48(52)53)44(73)62-34(19-10-24-60-50(56)57)40(69)63-35(27-30-13-4-2-5-14-30)42(71)61-33(18-9-23-59-49(54)55)41(70)64-36(47(76)77)28-31-15-6-3-7-16-31/h2-7,13-16,29,32-39,68H,8-12,17-28,51H2,1H3,(H,61,71)(H,62,73)(H,63,69)(H,64,70)(H,65,72)(H,76,77)(H4,52,53,58)(H4,54,55,59)(H4,56,57,60). The number of aliphatic carboxylic acids is 1. The summed E-state index contributed by atoms with van der Waals surface area (Å²) in [5, 5.41) is 34.1. The predicted molar refractivity (Wildman–Crippen MR) is 286 cm³/mol. The molecule has 77 heavy (non-hydrogen) atoms. The number of aliphatic hydroxyl groups excluding tert-OH is 1. The quantitative estimate of drug-likeness (QED) is 0.0201. The van der Waals surface area contributed by atoms with Crippen LogP contribution >= 0.6 is 0 Å². The van der Waals surface area contributed by atoms with Gasteiger partial charge in [0.25, 0.3) is 0 Å². The van der Waals surface area contributed by atoms with E-state index in [1.807, 2.05) is 0 Å². The topological polar surface area (TPSA) is 463 Å². The van der Waals surface area contributed by atoms with Crippen molar-refractivity contribution in [2.75, 3.05) is 32.7 Å². The van der Waals surface area contributed by atoms with Gasteiger partial charge in [-0.15, -0.1) is 0 Å². The number of hydrogen-bond acceptors (Lipinski definition) is 13.